The Morgan fingerprint density at radius 3 is 2.39 bits per heavy atom. The Morgan fingerprint density at radius 2 is 1.74 bits per heavy atom. The van der Waals surface area contributed by atoms with Gasteiger partial charge in [0.1, 0.15) is 12.4 Å². The Hall–Kier alpha value is -3.32. The van der Waals surface area contributed by atoms with Gasteiger partial charge in [-0.3, -0.25) is 4.79 Å². The Kier molecular flexibility index (Phi) is 7.67. The largest absolute Gasteiger partial charge is 0.492 e. The predicted octanol–water partition coefficient (Wildman–Crippen LogP) is 5.30. The number of carboxylic acid groups (broad SMARTS) is 1. The molecule has 3 aromatic rings. The molecule has 0 aromatic heterocycles. The lowest BCUT2D eigenvalue weighted by Gasteiger charge is -2.23. The molecule has 0 fully saturated rings. The fraction of sp³-hybridized carbons (Fsp3) is 0.167. The van der Waals surface area contributed by atoms with Gasteiger partial charge in [0.2, 0.25) is 0 Å². The van der Waals surface area contributed by atoms with Gasteiger partial charge in [-0.15, -0.1) is 0 Å². The average Bonchev–Trinajstić information content (AvgIpc) is 2.78. The van der Waals surface area contributed by atoms with Crippen molar-refractivity contribution in [1.82, 2.24) is 0 Å². The predicted molar refractivity (Wildman–Crippen MR) is 125 cm³/mol. The molecular weight excluding hydrogens is 460 g/mol. The monoisotopic (exact) mass is 482 g/mol. The summed E-state index contributed by atoms with van der Waals surface area (Å²) in [6.07, 6.45) is 0. The number of ether oxygens (including phenoxy) is 1. The Morgan fingerprint density at radius 1 is 1.03 bits per heavy atom. The summed E-state index contributed by atoms with van der Waals surface area (Å²) in [6, 6.07) is 21.6. The van der Waals surface area contributed by atoms with E-state index in [0.29, 0.717) is 22.4 Å². The molecule has 0 radical (unpaired) electrons. The molecule has 1 amide bonds. The summed E-state index contributed by atoms with van der Waals surface area (Å²) in [6.45, 7) is 4.22. The molecule has 7 heteroatoms. The van der Waals surface area contributed by atoms with Crippen molar-refractivity contribution in [3.63, 3.8) is 0 Å². The number of carbonyl (C=O) groups is 2. The second-order valence-electron chi connectivity index (χ2n) is 6.74. The maximum Gasteiger partial charge on any atom is 0.337 e. The Bertz CT molecular complexity index is 1040. The number of anilines is 2. The molecule has 0 saturated heterocycles. The lowest BCUT2D eigenvalue weighted by Crippen LogP contribution is -2.27. The van der Waals surface area contributed by atoms with Crippen LogP contribution in [0.2, 0.25) is 0 Å². The number of amides is 1. The first kappa shape index (κ1) is 22.4. The van der Waals surface area contributed by atoms with Crippen LogP contribution in [0.1, 0.15) is 27.6 Å². The molecule has 0 unspecified atom stereocenters. The SMILES string of the molecule is CCN(CCOc1ccc(C(=O)Nc2ccc(Br)cc2C(=O)O)cc1)c1ccccc1. The van der Waals surface area contributed by atoms with Gasteiger partial charge >= 0.3 is 5.97 Å². The molecule has 3 aromatic carbocycles. The van der Waals surface area contributed by atoms with E-state index in [4.69, 9.17) is 4.74 Å². The summed E-state index contributed by atoms with van der Waals surface area (Å²) in [5.74, 6) is -0.842. The third-order valence-electron chi connectivity index (χ3n) is 4.71. The van der Waals surface area contributed by atoms with Crippen molar-refractivity contribution in [1.29, 1.82) is 0 Å². The van der Waals surface area contributed by atoms with E-state index < -0.39 is 11.9 Å². The normalized spacial score (nSPS) is 10.4. The van der Waals surface area contributed by atoms with Gasteiger partial charge in [0.05, 0.1) is 17.8 Å². The van der Waals surface area contributed by atoms with E-state index in [1.807, 2.05) is 18.2 Å². The van der Waals surface area contributed by atoms with Crippen LogP contribution in [0.5, 0.6) is 5.75 Å². The van der Waals surface area contributed by atoms with Gasteiger partial charge < -0.3 is 20.1 Å². The van der Waals surface area contributed by atoms with Crippen LogP contribution >= 0.6 is 15.9 Å². The highest BCUT2D eigenvalue weighted by molar-refractivity contribution is 9.10. The van der Waals surface area contributed by atoms with Crippen LogP contribution < -0.4 is 15.0 Å². The second-order valence-corrected chi connectivity index (χ2v) is 7.65. The fourth-order valence-electron chi connectivity index (χ4n) is 3.08. The Balaban J connectivity index is 1.57. The number of likely N-dealkylation sites (N-methyl/N-ethyl adjacent to an activating group) is 1. The summed E-state index contributed by atoms with van der Waals surface area (Å²) in [4.78, 5) is 26.1. The maximum atomic E-state index is 12.5. The number of aromatic carboxylic acids is 1. The smallest absolute Gasteiger partial charge is 0.337 e. The summed E-state index contributed by atoms with van der Waals surface area (Å²) in [7, 11) is 0. The van der Waals surface area contributed by atoms with Crippen molar-refractivity contribution in [3.05, 3.63) is 88.4 Å². The lowest BCUT2D eigenvalue weighted by atomic mass is 10.1. The molecule has 0 aliphatic carbocycles. The van der Waals surface area contributed by atoms with Gasteiger partial charge in [0, 0.05) is 22.3 Å². The van der Waals surface area contributed by atoms with Crippen LogP contribution in [0.4, 0.5) is 11.4 Å². The zero-order valence-electron chi connectivity index (χ0n) is 17.0. The standard InChI is InChI=1S/C24H23BrN2O4/c1-2-27(19-6-4-3-5-7-19)14-15-31-20-11-8-17(9-12-20)23(28)26-22-13-10-18(25)16-21(22)24(29)30/h3-13,16H,2,14-15H2,1H3,(H,26,28)(H,29,30). The topological polar surface area (TPSA) is 78.9 Å². The van der Waals surface area contributed by atoms with Gasteiger partial charge in [-0.25, -0.2) is 4.79 Å². The van der Waals surface area contributed by atoms with E-state index in [1.165, 1.54) is 6.07 Å². The van der Waals surface area contributed by atoms with Gasteiger partial charge in [0.25, 0.3) is 5.91 Å². The minimum atomic E-state index is -1.11. The van der Waals surface area contributed by atoms with Crippen LogP contribution in [-0.4, -0.2) is 36.7 Å². The van der Waals surface area contributed by atoms with Crippen LogP contribution in [0, 0.1) is 0 Å². The van der Waals surface area contributed by atoms with E-state index in [2.05, 4.69) is 45.2 Å². The van der Waals surface area contributed by atoms with Gasteiger partial charge in [-0.05, 0) is 61.5 Å². The van der Waals surface area contributed by atoms with Gasteiger partial charge in [0.15, 0.2) is 0 Å². The first-order valence-electron chi connectivity index (χ1n) is 9.85. The number of hydrogen-bond donors (Lipinski definition) is 2. The molecule has 0 aliphatic heterocycles. The third-order valence-corrected chi connectivity index (χ3v) is 5.20. The molecule has 0 saturated carbocycles. The van der Waals surface area contributed by atoms with Crippen molar-refractivity contribution in [2.75, 3.05) is 29.9 Å². The number of hydrogen-bond acceptors (Lipinski definition) is 4. The summed E-state index contributed by atoms with van der Waals surface area (Å²) >= 11 is 3.24. The zero-order valence-corrected chi connectivity index (χ0v) is 18.6. The minimum absolute atomic E-state index is 0.0153. The number of halogens is 1. The van der Waals surface area contributed by atoms with Gasteiger partial charge in [-0.1, -0.05) is 34.1 Å². The highest BCUT2D eigenvalue weighted by Crippen LogP contribution is 2.22. The lowest BCUT2D eigenvalue weighted by molar-refractivity contribution is 0.0698. The van der Waals surface area contributed by atoms with E-state index >= 15 is 0 Å². The highest BCUT2D eigenvalue weighted by Gasteiger charge is 2.14. The Labute approximate surface area is 189 Å². The van der Waals surface area contributed by atoms with Crippen molar-refractivity contribution in [2.24, 2.45) is 0 Å². The molecule has 0 atom stereocenters. The highest BCUT2D eigenvalue weighted by atomic mass is 79.9. The fourth-order valence-corrected chi connectivity index (χ4v) is 3.44. The van der Waals surface area contributed by atoms with Crippen LogP contribution in [0.15, 0.2) is 77.3 Å². The molecule has 160 valence electrons. The minimum Gasteiger partial charge on any atom is -0.492 e. The molecule has 0 heterocycles. The van der Waals surface area contributed by atoms with E-state index in [9.17, 15) is 14.7 Å². The number of nitrogens with zero attached hydrogens (tertiary/aromatic N) is 1. The first-order chi connectivity index (χ1) is 15.0. The number of benzene rings is 3. The van der Waals surface area contributed by atoms with Crippen LogP contribution in [-0.2, 0) is 0 Å². The number of nitrogens with one attached hydrogen (secondary N) is 1. The van der Waals surface area contributed by atoms with Crippen LogP contribution in [0.25, 0.3) is 0 Å². The number of carboxylic acids is 1. The van der Waals surface area contributed by atoms with Crippen molar-refractivity contribution in [3.8, 4) is 5.75 Å². The molecule has 0 aliphatic rings. The molecular formula is C24H23BrN2O4. The molecule has 0 spiro atoms. The molecule has 0 bridgehead atoms. The molecule has 3 rings (SSSR count). The van der Waals surface area contributed by atoms with E-state index in [0.717, 1.165) is 18.8 Å². The zero-order chi connectivity index (χ0) is 22.2. The summed E-state index contributed by atoms with van der Waals surface area (Å²) in [5, 5.41) is 12.0. The molecule has 2 N–H and O–H groups in total. The quantitative estimate of drug-likeness (QED) is 0.432. The third kappa shape index (κ3) is 6.08. The van der Waals surface area contributed by atoms with Crippen molar-refractivity contribution < 1.29 is 19.4 Å². The summed E-state index contributed by atoms with van der Waals surface area (Å²) in [5.41, 5.74) is 1.81. The first-order valence-corrected chi connectivity index (χ1v) is 10.6. The van der Waals surface area contributed by atoms with Crippen molar-refractivity contribution >= 4 is 39.2 Å². The number of rotatable bonds is 9. The average molecular weight is 483 g/mol. The summed E-state index contributed by atoms with van der Waals surface area (Å²) < 4.78 is 6.44. The van der Waals surface area contributed by atoms with E-state index in [-0.39, 0.29) is 11.3 Å². The van der Waals surface area contributed by atoms with Crippen molar-refractivity contribution in [2.45, 2.75) is 6.92 Å². The molecule has 6 nitrogen and oxygen atoms in total. The van der Waals surface area contributed by atoms with Crippen LogP contribution in [0.3, 0.4) is 0 Å². The number of para-hydroxylation sites is 1. The molecule has 31 heavy (non-hydrogen) atoms. The maximum absolute atomic E-state index is 12.5. The van der Waals surface area contributed by atoms with Gasteiger partial charge in [-0.2, -0.15) is 0 Å². The van der Waals surface area contributed by atoms with E-state index in [1.54, 1.807) is 36.4 Å². The second kappa shape index (κ2) is 10.6. The number of carbonyl (C=O) groups excluding carboxylic acids is 1.